The van der Waals surface area contributed by atoms with Gasteiger partial charge in [-0.05, 0) is 54.7 Å². The van der Waals surface area contributed by atoms with Crippen LogP contribution in [0, 0.1) is 0 Å². The number of guanidine groups is 1. The lowest BCUT2D eigenvalue weighted by Gasteiger charge is -2.08. The summed E-state index contributed by atoms with van der Waals surface area (Å²) in [6, 6.07) is 16.3. The summed E-state index contributed by atoms with van der Waals surface area (Å²) in [5, 5.41) is 3.17. The van der Waals surface area contributed by atoms with Crippen LogP contribution in [0.3, 0.4) is 0 Å². The lowest BCUT2D eigenvalue weighted by molar-refractivity contribution is 0.313. The maximum Gasteiger partial charge on any atom is 0.193 e. The molecule has 2 aromatic carbocycles. The number of benzene rings is 2. The molecule has 0 saturated carbocycles. The molecule has 0 radical (unpaired) electrons. The third kappa shape index (κ3) is 5.40. The van der Waals surface area contributed by atoms with Gasteiger partial charge in [-0.15, -0.1) is 24.0 Å². The second-order valence-corrected chi connectivity index (χ2v) is 5.74. The van der Waals surface area contributed by atoms with Crippen LogP contribution in [0.15, 0.2) is 53.5 Å². The number of fused-ring (bicyclic) bond motifs is 1. The van der Waals surface area contributed by atoms with Gasteiger partial charge < -0.3 is 15.8 Å². The van der Waals surface area contributed by atoms with Crippen LogP contribution in [0.4, 0.5) is 5.69 Å². The first-order valence-electron chi connectivity index (χ1n) is 8.18. The minimum Gasteiger partial charge on any atom is -0.494 e. The fraction of sp³-hybridized carbons (Fsp3) is 0.316. The van der Waals surface area contributed by atoms with Crippen LogP contribution in [0.5, 0.6) is 5.75 Å². The minimum absolute atomic E-state index is 0. The Labute approximate surface area is 160 Å². The molecule has 4 nitrogen and oxygen atoms in total. The van der Waals surface area contributed by atoms with E-state index in [-0.39, 0.29) is 24.0 Å². The molecule has 0 atom stereocenters. The lowest BCUT2D eigenvalue weighted by Crippen LogP contribution is -2.23. The smallest absolute Gasteiger partial charge is 0.193 e. The number of aryl methyl sites for hydroxylation is 2. The second-order valence-electron chi connectivity index (χ2n) is 5.74. The highest BCUT2D eigenvalue weighted by Gasteiger charge is 2.10. The zero-order valence-corrected chi connectivity index (χ0v) is 16.0. The quantitative estimate of drug-likeness (QED) is 0.311. The fourth-order valence-corrected chi connectivity index (χ4v) is 2.81. The summed E-state index contributed by atoms with van der Waals surface area (Å²) in [6.07, 6.45) is 4.45. The van der Waals surface area contributed by atoms with E-state index in [0.29, 0.717) is 19.1 Å². The van der Waals surface area contributed by atoms with Crippen LogP contribution < -0.4 is 15.8 Å². The van der Waals surface area contributed by atoms with Gasteiger partial charge in [-0.1, -0.05) is 24.3 Å². The van der Waals surface area contributed by atoms with E-state index in [0.717, 1.165) is 17.9 Å². The van der Waals surface area contributed by atoms with Gasteiger partial charge in [-0.25, -0.2) is 0 Å². The summed E-state index contributed by atoms with van der Waals surface area (Å²) < 4.78 is 5.63. The Kier molecular flexibility index (Phi) is 7.36. The predicted molar refractivity (Wildman–Crippen MR) is 111 cm³/mol. The van der Waals surface area contributed by atoms with E-state index in [9.17, 15) is 0 Å². The maximum absolute atomic E-state index is 5.94. The van der Waals surface area contributed by atoms with Crippen LogP contribution in [-0.2, 0) is 12.8 Å². The molecule has 0 saturated heterocycles. The highest BCUT2D eigenvalue weighted by atomic mass is 127. The Morgan fingerprint density at radius 2 is 1.88 bits per heavy atom. The molecule has 1 aliphatic rings. The molecule has 2 aromatic rings. The first kappa shape index (κ1) is 18.6. The summed E-state index contributed by atoms with van der Waals surface area (Å²) in [4.78, 5) is 4.35. The van der Waals surface area contributed by atoms with E-state index in [1.165, 1.54) is 30.4 Å². The van der Waals surface area contributed by atoms with Gasteiger partial charge >= 0.3 is 0 Å². The predicted octanol–water partition coefficient (Wildman–Crippen LogP) is 3.99. The van der Waals surface area contributed by atoms with Crippen LogP contribution >= 0.6 is 24.0 Å². The zero-order chi connectivity index (χ0) is 15.9. The maximum atomic E-state index is 5.94. The van der Waals surface area contributed by atoms with Crippen LogP contribution in [0.2, 0.25) is 0 Å². The molecule has 128 valence electrons. The van der Waals surface area contributed by atoms with E-state index in [1.807, 2.05) is 30.3 Å². The summed E-state index contributed by atoms with van der Waals surface area (Å²) in [7, 11) is 0. The Balaban J connectivity index is 0.00000208. The fourth-order valence-electron chi connectivity index (χ4n) is 2.81. The average Bonchev–Trinajstić information content (AvgIpc) is 3.03. The lowest BCUT2D eigenvalue weighted by atomic mass is 10.1. The van der Waals surface area contributed by atoms with Gasteiger partial charge in [0.1, 0.15) is 5.75 Å². The number of ether oxygens (including phenoxy) is 1. The van der Waals surface area contributed by atoms with Crippen molar-refractivity contribution in [3.8, 4) is 5.75 Å². The average molecular weight is 437 g/mol. The Bertz CT molecular complexity index is 674. The van der Waals surface area contributed by atoms with Crippen molar-refractivity contribution in [2.24, 2.45) is 10.7 Å². The minimum atomic E-state index is 0. The third-order valence-corrected chi connectivity index (χ3v) is 3.97. The Morgan fingerprint density at radius 3 is 2.71 bits per heavy atom. The molecule has 0 bridgehead atoms. The van der Waals surface area contributed by atoms with Gasteiger partial charge in [-0.2, -0.15) is 0 Å². The molecule has 3 N–H and O–H groups in total. The molecule has 0 aromatic heterocycles. The van der Waals surface area contributed by atoms with Gasteiger partial charge in [0.25, 0.3) is 0 Å². The molecular weight excluding hydrogens is 413 g/mol. The number of hydrogen-bond acceptors (Lipinski definition) is 2. The van der Waals surface area contributed by atoms with E-state index >= 15 is 0 Å². The van der Waals surface area contributed by atoms with Crippen molar-refractivity contribution in [3.63, 3.8) is 0 Å². The summed E-state index contributed by atoms with van der Waals surface area (Å²) in [6.45, 7) is 1.29. The van der Waals surface area contributed by atoms with Gasteiger partial charge in [0.2, 0.25) is 0 Å². The van der Waals surface area contributed by atoms with Crippen LogP contribution in [0.1, 0.15) is 24.0 Å². The largest absolute Gasteiger partial charge is 0.494 e. The monoisotopic (exact) mass is 437 g/mol. The van der Waals surface area contributed by atoms with Crippen molar-refractivity contribution in [2.75, 3.05) is 18.5 Å². The number of anilines is 1. The number of nitrogens with zero attached hydrogens (tertiary/aromatic N) is 1. The van der Waals surface area contributed by atoms with Crippen molar-refractivity contribution in [1.29, 1.82) is 0 Å². The topological polar surface area (TPSA) is 59.6 Å². The van der Waals surface area contributed by atoms with E-state index in [2.05, 4.69) is 28.5 Å². The number of halogens is 1. The molecule has 0 aliphatic heterocycles. The van der Waals surface area contributed by atoms with Crippen molar-refractivity contribution >= 4 is 35.6 Å². The Hall–Kier alpha value is -1.76. The number of para-hydroxylation sites is 1. The second kappa shape index (κ2) is 9.52. The number of rotatable bonds is 6. The molecule has 0 spiro atoms. The molecule has 0 amide bonds. The van der Waals surface area contributed by atoms with Gasteiger partial charge in [0, 0.05) is 18.7 Å². The first-order valence-corrected chi connectivity index (χ1v) is 8.18. The Morgan fingerprint density at radius 1 is 1.08 bits per heavy atom. The molecule has 0 fully saturated rings. The molecule has 1 aliphatic carbocycles. The van der Waals surface area contributed by atoms with Crippen LogP contribution in [-0.4, -0.2) is 19.1 Å². The zero-order valence-electron chi connectivity index (χ0n) is 13.7. The number of nitrogens with one attached hydrogen (secondary N) is 1. The summed E-state index contributed by atoms with van der Waals surface area (Å²) in [5.74, 6) is 1.35. The summed E-state index contributed by atoms with van der Waals surface area (Å²) >= 11 is 0. The number of hydrogen-bond donors (Lipinski definition) is 2. The third-order valence-electron chi connectivity index (χ3n) is 3.97. The van der Waals surface area contributed by atoms with Crippen LogP contribution in [0.25, 0.3) is 0 Å². The standard InChI is InChI=1S/C19H23N3O.HI/c20-19(21-12-5-13-23-18-8-2-1-3-9-18)22-17-11-10-15-6-4-7-16(15)14-17;/h1-3,8-11,14H,4-7,12-13H2,(H3,20,21,22);1H. The van der Waals surface area contributed by atoms with Crippen molar-refractivity contribution in [1.82, 2.24) is 0 Å². The summed E-state index contributed by atoms with van der Waals surface area (Å²) in [5.41, 5.74) is 9.85. The van der Waals surface area contributed by atoms with Gasteiger partial charge in [0.15, 0.2) is 5.96 Å². The highest BCUT2D eigenvalue weighted by molar-refractivity contribution is 14.0. The molecule has 5 heteroatoms. The van der Waals surface area contributed by atoms with E-state index in [1.54, 1.807) is 0 Å². The van der Waals surface area contributed by atoms with Crippen molar-refractivity contribution in [2.45, 2.75) is 25.7 Å². The van der Waals surface area contributed by atoms with Crippen molar-refractivity contribution < 1.29 is 4.74 Å². The molecule has 0 unspecified atom stereocenters. The van der Waals surface area contributed by atoms with E-state index < -0.39 is 0 Å². The molecule has 24 heavy (non-hydrogen) atoms. The van der Waals surface area contributed by atoms with Gasteiger partial charge in [-0.3, -0.25) is 4.99 Å². The first-order chi connectivity index (χ1) is 11.3. The molecule has 0 heterocycles. The van der Waals surface area contributed by atoms with E-state index in [4.69, 9.17) is 10.5 Å². The normalized spacial score (nSPS) is 13.1. The number of nitrogens with two attached hydrogens (primary N) is 1. The SMILES string of the molecule is I.NC(=NCCCOc1ccccc1)Nc1ccc2c(c1)CCC2. The molecular formula is C19H24IN3O. The van der Waals surface area contributed by atoms with Crippen molar-refractivity contribution in [3.05, 3.63) is 59.7 Å². The van der Waals surface area contributed by atoms with Gasteiger partial charge in [0.05, 0.1) is 6.61 Å². The molecule has 3 rings (SSSR count). The number of aliphatic imine (C=N–C) groups is 1. The highest BCUT2D eigenvalue weighted by Crippen LogP contribution is 2.24.